The molecule has 0 saturated heterocycles. The molecular weight excluding hydrogens is 320 g/mol. The van der Waals surface area contributed by atoms with Crippen molar-refractivity contribution < 1.29 is 4.79 Å². The van der Waals surface area contributed by atoms with Gasteiger partial charge in [-0.05, 0) is 29.7 Å². The molecule has 3 heteroatoms. The molecule has 0 atom stereocenters. The summed E-state index contributed by atoms with van der Waals surface area (Å²) in [6, 6.07) is 27.8. The van der Waals surface area contributed by atoms with Crippen LogP contribution in [-0.4, -0.2) is 10.9 Å². The molecule has 124 valence electrons. The van der Waals surface area contributed by atoms with Crippen molar-refractivity contribution in [3.63, 3.8) is 0 Å². The van der Waals surface area contributed by atoms with Gasteiger partial charge in [-0.1, -0.05) is 60.7 Å². The third-order valence-corrected chi connectivity index (χ3v) is 4.80. The molecule has 0 aliphatic rings. The van der Waals surface area contributed by atoms with E-state index in [1.54, 1.807) is 0 Å². The first-order valence-electron chi connectivity index (χ1n) is 8.60. The van der Waals surface area contributed by atoms with Crippen molar-refractivity contribution in [3.05, 3.63) is 90.5 Å². The largest absolute Gasteiger partial charge is 0.354 e. The first-order valence-corrected chi connectivity index (χ1v) is 8.60. The van der Waals surface area contributed by atoms with Crippen LogP contribution < -0.4 is 5.32 Å². The molecule has 5 rings (SSSR count). The van der Waals surface area contributed by atoms with Gasteiger partial charge >= 0.3 is 0 Å². The highest BCUT2D eigenvalue weighted by Crippen LogP contribution is 2.33. The third-order valence-electron chi connectivity index (χ3n) is 4.80. The van der Waals surface area contributed by atoms with E-state index in [2.05, 4.69) is 34.6 Å². The fraction of sp³-hybridized carbons (Fsp3) is 0. The van der Waals surface area contributed by atoms with Gasteiger partial charge in [0.15, 0.2) is 0 Å². The lowest BCUT2D eigenvalue weighted by Crippen LogP contribution is -2.12. The van der Waals surface area contributed by atoms with Gasteiger partial charge in [-0.3, -0.25) is 4.79 Å². The molecule has 0 spiro atoms. The minimum absolute atomic E-state index is 0.104. The number of nitrogens with one attached hydrogen (secondary N) is 2. The monoisotopic (exact) mass is 336 g/mol. The number of aromatic amines is 1. The van der Waals surface area contributed by atoms with Crippen LogP contribution in [0.2, 0.25) is 0 Å². The second-order valence-corrected chi connectivity index (χ2v) is 6.38. The van der Waals surface area contributed by atoms with E-state index in [1.807, 2.05) is 60.7 Å². The van der Waals surface area contributed by atoms with Crippen LogP contribution in [0.1, 0.15) is 10.4 Å². The molecule has 1 amide bonds. The van der Waals surface area contributed by atoms with Crippen LogP contribution in [0.5, 0.6) is 0 Å². The van der Waals surface area contributed by atoms with Crippen LogP contribution in [0.3, 0.4) is 0 Å². The lowest BCUT2D eigenvalue weighted by atomic mass is 10.0. The number of carbonyl (C=O) groups excluding carboxylic acids is 1. The van der Waals surface area contributed by atoms with Crippen LogP contribution in [0.4, 0.5) is 5.69 Å². The van der Waals surface area contributed by atoms with E-state index < -0.39 is 0 Å². The summed E-state index contributed by atoms with van der Waals surface area (Å²) in [7, 11) is 0. The zero-order valence-corrected chi connectivity index (χ0v) is 14.0. The summed E-state index contributed by atoms with van der Waals surface area (Å²) in [6.45, 7) is 0. The van der Waals surface area contributed by atoms with Crippen molar-refractivity contribution in [1.29, 1.82) is 0 Å². The van der Waals surface area contributed by atoms with Crippen molar-refractivity contribution in [3.8, 4) is 0 Å². The van der Waals surface area contributed by atoms with Crippen molar-refractivity contribution in [2.75, 3.05) is 5.32 Å². The SMILES string of the molecule is O=C(Nc1ccccc1)c1cccc2ccc3c4ccccc4[nH]c3c12. The van der Waals surface area contributed by atoms with Gasteiger partial charge in [-0.25, -0.2) is 0 Å². The Morgan fingerprint density at radius 1 is 0.731 bits per heavy atom. The summed E-state index contributed by atoms with van der Waals surface area (Å²) < 4.78 is 0. The maximum atomic E-state index is 13.0. The molecule has 3 nitrogen and oxygen atoms in total. The molecule has 2 N–H and O–H groups in total. The number of aromatic nitrogens is 1. The minimum Gasteiger partial charge on any atom is -0.354 e. The van der Waals surface area contributed by atoms with Gasteiger partial charge in [-0.2, -0.15) is 0 Å². The molecule has 5 aromatic rings. The van der Waals surface area contributed by atoms with E-state index in [4.69, 9.17) is 0 Å². The van der Waals surface area contributed by atoms with E-state index in [0.29, 0.717) is 5.56 Å². The molecular formula is C23H16N2O. The Balaban J connectivity index is 1.76. The molecule has 0 aliphatic heterocycles. The van der Waals surface area contributed by atoms with Crippen LogP contribution in [-0.2, 0) is 0 Å². The molecule has 0 fully saturated rings. The van der Waals surface area contributed by atoms with Crippen molar-refractivity contribution in [2.24, 2.45) is 0 Å². The number of amides is 1. The number of H-pyrrole nitrogens is 1. The first-order chi connectivity index (χ1) is 12.8. The highest BCUT2D eigenvalue weighted by atomic mass is 16.1. The second kappa shape index (κ2) is 5.74. The Labute approximate surface area is 150 Å². The highest BCUT2D eigenvalue weighted by molar-refractivity contribution is 6.23. The standard InChI is InChI=1S/C23H16N2O/c26-23(24-16-8-2-1-3-9-16)19-11-6-7-15-13-14-18-17-10-4-5-12-20(17)25-22(18)21(15)19/h1-14,25H,(H,24,26). The maximum Gasteiger partial charge on any atom is 0.256 e. The number of hydrogen-bond acceptors (Lipinski definition) is 1. The molecule has 0 bridgehead atoms. The van der Waals surface area contributed by atoms with Gasteiger partial charge in [-0.15, -0.1) is 0 Å². The summed E-state index contributed by atoms with van der Waals surface area (Å²) in [5.74, 6) is -0.104. The van der Waals surface area contributed by atoms with Gasteiger partial charge in [0.05, 0.1) is 5.52 Å². The number of hydrogen-bond donors (Lipinski definition) is 2. The topological polar surface area (TPSA) is 44.9 Å². The number of fused-ring (bicyclic) bond motifs is 5. The Morgan fingerprint density at radius 3 is 2.42 bits per heavy atom. The summed E-state index contributed by atoms with van der Waals surface area (Å²) in [4.78, 5) is 16.5. The Kier molecular flexibility index (Phi) is 3.25. The average molecular weight is 336 g/mol. The molecule has 0 radical (unpaired) electrons. The normalized spacial score (nSPS) is 11.2. The maximum absolute atomic E-state index is 13.0. The zero-order chi connectivity index (χ0) is 17.5. The predicted molar refractivity (Wildman–Crippen MR) is 108 cm³/mol. The van der Waals surface area contributed by atoms with E-state index in [0.717, 1.165) is 32.9 Å². The molecule has 1 aromatic heterocycles. The summed E-state index contributed by atoms with van der Waals surface area (Å²) >= 11 is 0. The predicted octanol–water partition coefficient (Wildman–Crippen LogP) is 5.73. The number of carbonyl (C=O) groups is 1. The van der Waals surface area contributed by atoms with Gasteiger partial charge in [0.25, 0.3) is 5.91 Å². The van der Waals surface area contributed by atoms with Crippen LogP contribution >= 0.6 is 0 Å². The lowest BCUT2D eigenvalue weighted by Gasteiger charge is -2.09. The summed E-state index contributed by atoms with van der Waals surface area (Å²) in [5.41, 5.74) is 3.54. The Morgan fingerprint density at radius 2 is 1.54 bits per heavy atom. The van der Waals surface area contributed by atoms with Gasteiger partial charge < -0.3 is 10.3 Å². The zero-order valence-electron chi connectivity index (χ0n) is 14.0. The summed E-state index contributed by atoms with van der Waals surface area (Å²) in [5, 5.41) is 7.30. The van der Waals surface area contributed by atoms with Crippen LogP contribution in [0, 0.1) is 0 Å². The van der Waals surface area contributed by atoms with E-state index in [1.165, 1.54) is 5.39 Å². The number of benzene rings is 4. The smallest absolute Gasteiger partial charge is 0.256 e. The second-order valence-electron chi connectivity index (χ2n) is 6.38. The van der Waals surface area contributed by atoms with Crippen LogP contribution in [0.25, 0.3) is 32.6 Å². The molecule has 0 aliphatic carbocycles. The molecule has 4 aromatic carbocycles. The quantitative estimate of drug-likeness (QED) is 0.425. The first kappa shape index (κ1) is 14.7. The highest BCUT2D eigenvalue weighted by Gasteiger charge is 2.15. The van der Waals surface area contributed by atoms with Crippen molar-refractivity contribution in [2.45, 2.75) is 0 Å². The third kappa shape index (κ3) is 2.25. The van der Waals surface area contributed by atoms with Crippen molar-refractivity contribution in [1.82, 2.24) is 4.98 Å². The lowest BCUT2D eigenvalue weighted by molar-refractivity contribution is 0.102. The number of anilines is 1. The molecule has 0 unspecified atom stereocenters. The minimum atomic E-state index is -0.104. The van der Waals surface area contributed by atoms with Gasteiger partial charge in [0.1, 0.15) is 0 Å². The molecule has 1 heterocycles. The summed E-state index contributed by atoms with van der Waals surface area (Å²) in [6.07, 6.45) is 0. The Hall–Kier alpha value is -3.59. The van der Waals surface area contributed by atoms with Crippen molar-refractivity contribution >= 4 is 44.2 Å². The van der Waals surface area contributed by atoms with E-state index in [-0.39, 0.29) is 5.91 Å². The Bertz CT molecular complexity index is 1270. The van der Waals surface area contributed by atoms with E-state index >= 15 is 0 Å². The molecule has 0 saturated carbocycles. The fourth-order valence-electron chi connectivity index (χ4n) is 3.60. The average Bonchev–Trinajstić information content (AvgIpc) is 3.07. The molecule has 26 heavy (non-hydrogen) atoms. The number of rotatable bonds is 2. The van der Waals surface area contributed by atoms with E-state index in [9.17, 15) is 4.79 Å². The van der Waals surface area contributed by atoms with Crippen LogP contribution in [0.15, 0.2) is 84.9 Å². The number of para-hydroxylation sites is 2. The van der Waals surface area contributed by atoms with Gasteiger partial charge in [0.2, 0.25) is 0 Å². The van der Waals surface area contributed by atoms with Gasteiger partial charge in [0, 0.05) is 32.9 Å². The fourth-order valence-corrected chi connectivity index (χ4v) is 3.60.